The topological polar surface area (TPSA) is 51.2 Å². The predicted octanol–water partition coefficient (Wildman–Crippen LogP) is 1.32. The zero-order valence-corrected chi connectivity index (χ0v) is 9.05. The van der Waals surface area contributed by atoms with E-state index in [2.05, 4.69) is 0 Å². The first-order chi connectivity index (χ1) is 6.59. The first-order valence-electron chi connectivity index (χ1n) is 5.34. The van der Waals surface area contributed by atoms with Gasteiger partial charge in [-0.15, -0.1) is 0 Å². The second-order valence-corrected chi connectivity index (χ2v) is 6.74. The molecule has 2 aliphatic rings. The van der Waals surface area contributed by atoms with Crippen LogP contribution in [0.15, 0.2) is 0 Å². The molecule has 3 nitrogen and oxygen atoms in total. The van der Waals surface area contributed by atoms with Gasteiger partial charge in [-0.1, -0.05) is 12.8 Å². The van der Waals surface area contributed by atoms with Gasteiger partial charge in [0.2, 0.25) is 0 Å². The summed E-state index contributed by atoms with van der Waals surface area (Å²) in [4.78, 5) is 11.4. The summed E-state index contributed by atoms with van der Waals surface area (Å²) in [5.41, 5.74) is 0. The summed E-state index contributed by atoms with van der Waals surface area (Å²) in [5, 5.41) is -0.217. The summed E-state index contributed by atoms with van der Waals surface area (Å²) in [6.45, 7) is 0. The maximum atomic E-state index is 11.8. The summed E-state index contributed by atoms with van der Waals surface area (Å²) < 4.78 is 23.5. The zero-order chi connectivity index (χ0) is 10.2. The Bertz CT molecular complexity index is 321. The van der Waals surface area contributed by atoms with Crippen LogP contribution in [0.5, 0.6) is 0 Å². The molecule has 0 spiro atoms. The molecule has 0 N–H and O–H groups in total. The number of carbonyl (C=O) groups excluding carboxylic acids is 1. The van der Waals surface area contributed by atoms with Crippen molar-refractivity contribution in [1.29, 1.82) is 0 Å². The molecule has 0 amide bonds. The highest BCUT2D eigenvalue weighted by atomic mass is 32.2. The summed E-state index contributed by atoms with van der Waals surface area (Å²) in [6, 6.07) is 0. The van der Waals surface area contributed by atoms with Crippen molar-refractivity contribution in [3.05, 3.63) is 0 Å². The quantitative estimate of drug-likeness (QED) is 0.712. The summed E-state index contributed by atoms with van der Waals surface area (Å²) in [6.07, 6.45) is 5.33. The van der Waals surface area contributed by atoms with Crippen LogP contribution in [0.1, 0.15) is 38.5 Å². The van der Waals surface area contributed by atoms with Crippen LogP contribution in [0.4, 0.5) is 0 Å². The van der Waals surface area contributed by atoms with Crippen molar-refractivity contribution in [2.45, 2.75) is 43.8 Å². The third-order valence-corrected chi connectivity index (χ3v) is 5.36. The number of hydrogen-bond acceptors (Lipinski definition) is 3. The smallest absolute Gasteiger partial charge is 0.160 e. The molecule has 0 aromatic heterocycles. The van der Waals surface area contributed by atoms with Gasteiger partial charge in [-0.2, -0.15) is 0 Å². The molecule has 0 aromatic rings. The summed E-state index contributed by atoms with van der Waals surface area (Å²) >= 11 is 0. The van der Waals surface area contributed by atoms with Crippen molar-refractivity contribution in [2.24, 2.45) is 5.92 Å². The van der Waals surface area contributed by atoms with Crippen molar-refractivity contribution in [3.63, 3.8) is 0 Å². The molecular weight excluding hydrogens is 200 g/mol. The lowest BCUT2D eigenvalue weighted by Gasteiger charge is -2.09. The molecule has 4 heteroatoms. The van der Waals surface area contributed by atoms with E-state index in [0.29, 0.717) is 0 Å². The summed E-state index contributed by atoms with van der Waals surface area (Å²) in [7, 11) is -3.11. The first-order valence-corrected chi connectivity index (χ1v) is 7.05. The molecule has 0 aromatic carbocycles. The molecule has 2 aliphatic carbocycles. The largest absolute Gasteiger partial charge is 0.298 e. The van der Waals surface area contributed by atoms with Gasteiger partial charge in [0, 0.05) is 5.92 Å². The number of Topliss-reactive ketones (excluding diaryl/α,β-unsaturated/α-hetero) is 1. The van der Waals surface area contributed by atoms with Gasteiger partial charge in [0.15, 0.2) is 15.6 Å². The standard InChI is InChI=1S/C10H16O3S/c11-10(8-5-6-8)7-14(12,13)9-3-1-2-4-9/h8-9H,1-7H2. The predicted molar refractivity (Wildman–Crippen MR) is 53.8 cm³/mol. The van der Waals surface area contributed by atoms with Gasteiger partial charge < -0.3 is 0 Å². The van der Waals surface area contributed by atoms with E-state index >= 15 is 0 Å². The van der Waals surface area contributed by atoms with E-state index in [0.717, 1.165) is 38.5 Å². The summed E-state index contributed by atoms with van der Waals surface area (Å²) in [5.74, 6) is -0.162. The minimum absolute atomic E-state index is 0.0445. The molecule has 0 unspecified atom stereocenters. The maximum absolute atomic E-state index is 11.8. The molecule has 0 atom stereocenters. The van der Waals surface area contributed by atoms with Crippen LogP contribution in [0.3, 0.4) is 0 Å². The van der Waals surface area contributed by atoms with Gasteiger partial charge in [0.25, 0.3) is 0 Å². The first kappa shape index (κ1) is 10.1. The Kier molecular flexibility index (Phi) is 2.64. The molecule has 0 heterocycles. The highest BCUT2D eigenvalue weighted by Gasteiger charge is 2.36. The van der Waals surface area contributed by atoms with Gasteiger partial charge in [0.1, 0.15) is 5.75 Å². The Morgan fingerprint density at radius 2 is 1.64 bits per heavy atom. The number of sulfone groups is 1. The molecule has 2 rings (SSSR count). The van der Waals surface area contributed by atoms with Crippen molar-refractivity contribution in [3.8, 4) is 0 Å². The Morgan fingerprint density at radius 3 is 2.14 bits per heavy atom. The molecule has 0 saturated heterocycles. The molecule has 0 aliphatic heterocycles. The fourth-order valence-corrected chi connectivity index (χ4v) is 4.01. The average molecular weight is 216 g/mol. The molecule has 14 heavy (non-hydrogen) atoms. The van der Waals surface area contributed by atoms with Crippen LogP contribution < -0.4 is 0 Å². The van der Waals surface area contributed by atoms with Gasteiger partial charge in [-0.05, 0) is 25.7 Å². The van der Waals surface area contributed by atoms with Gasteiger partial charge in [0.05, 0.1) is 5.25 Å². The van der Waals surface area contributed by atoms with Crippen LogP contribution in [-0.4, -0.2) is 25.2 Å². The van der Waals surface area contributed by atoms with E-state index in [9.17, 15) is 13.2 Å². The highest BCUT2D eigenvalue weighted by molar-refractivity contribution is 7.92. The monoisotopic (exact) mass is 216 g/mol. The van der Waals surface area contributed by atoms with Crippen LogP contribution >= 0.6 is 0 Å². The Balaban J connectivity index is 1.96. The molecule has 0 radical (unpaired) electrons. The Labute approximate surface area is 84.8 Å². The van der Waals surface area contributed by atoms with Crippen molar-refractivity contribution < 1.29 is 13.2 Å². The SMILES string of the molecule is O=C(CS(=O)(=O)C1CCCC1)C1CC1. The second kappa shape index (κ2) is 3.65. The molecule has 80 valence electrons. The van der Waals surface area contributed by atoms with Crippen LogP contribution in [0.25, 0.3) is 0 Å². The second-order valence-electron chi connectivity index (χ2n) is 4.45. The third-order valence-electron chi connectivity index (χ3n) is 3.19. The minimum Gasteiger partial charge on any atom is -0.298 e. The van der Waals surface area contributed by atoms with E-state index in [1.807, 2.05) is 0 Å². The maximum Gasteiger partial charge on any atom is 0.160 e. The average Bonchev–Trinajstić information content (AvgIpc) is 2.80. The Morgan fingerprint density at radius 1 is 1.07 bits per heavy atom. The van der Waals surface area contributed by atoms with Crippen molar-refractivity contribution >= 4 is 15.6 Å². The zero-order valence-electron chi connectivity index (χ0n) is 8.24. The number of rotatable bonds is 4. The van der Waals surface area contributed by atoms with Gasteiger partial charge in [-0.3, -0.25) is 4.79 Å². The van der Waals surface area contributed by atoms with E-state index in [1.54, 1.807) is 0 Å². The fraction of sp³-hybridized carbons (Fsp3) is 0.900. The Hall–Kier alpha value is -0.380. The molecular formula is C10H16O3S. The van der Waals surface area contributed by atoms with E-state index in [1.165, 1.54) is 0 Å². The lowest BCUT2D eigenvalue weighted by molar-refractivity contribution is -0.117. The van der Waals surface area contributed by atoms with Crippen LogP contribution in [0.2, 0.25) is 0 Å². The highest BCUT2D eigenvalue weighted by Crippen LogP contribution is 2.32. The third kappa shape index (κ3) is 2.16. The van der Waals surface area contributed by atoms with Gasteiger partial charge >= 0.3 is 0 Å². The van der Waals surface area contributed by atoms with Crippen molar-refractivity contribution in [1.82, 2.24) is 0 Å². The molecule has 0 bridgehead atoms. The number of hydrogen-bond donors (Lipinski definition) is 0. The molecule has 2 saturated carbocycles. The van der Waals surface area contributed by atoms with E-state index in [-0.39, 0.29) is 22.7 Å². The number of ketones is 1. The normalized spacial score (nSPS) is 24.0. The van der Waals surface area contributed by atoms with Crippen LogP contribution in [-0.2, 0) is 14.6 Å². The fourth-order valence-electron chi connectivity index (χ4n) is 2.09. The molecule has 2 fully saturated rings. The lowest BCUT2D eigenvalue weighted by Crippen LogP contribution is -2.26. The van der Waals surface area contributed by atoms with Gasteiger partial charge in [-0.25, -0.2) is 8.42 Å². The van der Waals surface area contributed by atoms with E-state index in [4.69, 9.17) is 0 Å². The minimum atomic E-state index is -3.11. The van der Waals surface area contributed by atoms with E-state index < -0.39 is 9.84 Å². The van der Waals surface area contributed by atoms with Crippen molar-refractivity contribution in [2.75, 3.05) is 5.75 Å². The number of carbonyl (C=O) groups is 1. The van der Waals surface area contributed by atoms with Crippen LogP contribution in [0, 0.1) is 5.92 Å². The lowest BCUT2D eigenvalue weighted by atomic mass is 10.3.